The van der Waals surface area contributed by atoms with Gasteiger partial charge in [0.15, 0.2) is 5.82 Å². The van der Waals surface area contributed by atoms with E-state index in [-0.39, 0.29) is 0 Å². The van der Waals surface area contributed by atoms with Crippen LogP contribution in [0, 0.1) is 0 Å². The fraction of sp³-hybridized carbons (Fsp3) is 0.464. The molecule has 3 heterocycles. The van der Waals surface area contributed by atoms with Crippen LogP contribution in [0.25, 0.3) is 21.7 Å². The minimum atomic E-state index is 0.360. The maximum absolute atomic E-state index is 6.22. The molecule has 3 aromatic heterocycles. The standard InChI is InChI=1S/C28H35N3O2S/c1-3-8-21-20-29-28(26-19-27-25(30(26)2)15-18-34-27)31(21)16-17-32-22-11-13-24(14-12-22)33-23-9-6-4-5-7-10-23/h11-15,18-20,23H,3-10,16-17H2,1-2H3. The molecule has 4 aromatic rings. The van der Waals surface area contributed by atoms with Crippen molar-refractivity contribution in [2.75, 3.05) is 6.61 Å². The highest BCUT2D eigenvalue weighted by Gasteiger charge is 2.17. The van der Waals surface area contributed by atoms with E-state index in [0.29, 0.717) is 12.7 Å². The van der Waals surface area contributed by atoms with E-state index in [1.54, 1.807) is 11.3 Å². The highest BCUT2D eigenvalue weighted by molar-refractivity contribution is 7.17. The average molecular weight is 478 g/mol. The van der Waals surface area contributed by atoms with Crippen LogP contribution in [0.2, 0.25) is 0 Å². The highest BCUT2D eigenvalue weighted by atomic mass is 32.1. The lowest BCUT2D eigenvalue weighted by Crippen LogP contribution is -2.15. The van der Waals surface area contributed by atoms with Crippen molar-refractivity contribution in [3.63, 3.8) is 0 Å². The van der Waals surface area contributed by atoms with E-state index in [0.717, 1.165) is 42.4 Å². The number of imidazole rings is 1. The normalized spacial score (nSPS) is 15.0. The lowest BCUT2D eigenvalue weighted by atomic mass is 10.1. The number of hydrogen-bond donors (Lipinski definition) is 0. The van der Waals surface area contributed by atoms with Gasteiger partial charge in [0.25, 0.3) is 0 Å². The monoisotopic (exact) mass is 477 g/mol. The van der Waals surface area contributed by atoms with Gasteiger partial charge in [-0.25, -0.2) is 4.98 Å². The molecule has 0 radical (unpaired) electrons. The fourth-order valence-corrected chi connectivity index (χ4v) is 5.86. The van der Waals surface area contributed by atoms with Crippen molar-refractivity contribution in [3.8, 4) is 23.0 Å². The van der Waals surface area contributed by atoms with Gasteiger partial charge in [-0.1, -0.05) is 26.2 Å². The summed E-state index contributed by atoms with van der Waals surface area (Å²) in [6.07, 6.45) is 12.1. The Morgan fingerprint density at radius 2 is 1.79 bits per heavy atom. The van der Waals surface area contributed by atoms with E-state index in [2.05, 4.69) is 40.6 Å². The Hall–Kier alpha value is -2.73. The quantitative estimate of drug-likeness (QED) is 0.239. The molecule has 0 amide bonds. The topological polar surface area (TPSA) is 41.2 Å². The molecule has 1 aromatic carbocycles. The Balaban J connectivity index is 1.24. The molecule has 180 valence electrons. The molecule has 0 saturated heterocycles. The molecule has 1 fully saturated rings. The van der Waals surface area contributed by atoms with E-state index < -0.39 is 0 Å². The Morgan fingerprint density at radius 3 is 2.53 bits per heavy atom. The van der Waals surface area contributed by atoms with E-state index in [1.165, 1.54) is 54.4 Å². The zero-order chi connectivity index (χ0) is 23.3. The first-order chi connectivity index (χ1) is 16.7. The van der Waals surface area contributed by atoms with Crippen LogP contribution in [-0.4, -0.2) is 26.8 Å². The number of ether oxygens (including phenoxy) is 2. The van der Waals surface area contributed by atoms with E-state index in [1.807, 2.05) is 30.5 Å². The number of benzene rings is 1. The smallest absolute Gasteiger partial charge is 0.157 e. The van der Waals surface area contributed by atoms with Crippen molar-refractivity contribution in [3.05, 3.63) is 53.7 Å². The number of aryl methyl sites for hydroxylation is 2. The molecule has 0 unspecified atom stereocenters. The second-order valence-corrected chi connectivity index (χ2v) is 10.2. The maximum Gasteiger partial charge on any atom is 0.157 e. The van der Waals surface area contributed by atoms with E-state index >= 15 is 0 Å². The summed E-state index contributed by atoms with van der Waals surface area (Å²) < 4.78 is 18.2. The lowest BCUT2D eigenvalue weighted by molar-refractivity contribution is 0.183. The van der Waals surface area contributed by atoms with Gasteiger partial charge in [0.2, 0.25) is 0 Å². The maximum atomic E-state index is 6.22. The van der Waals surface area contributed by atoms with Crippen LogP contribution in [0.15, 0.2) is 48.0 Å². The van der Waals surface area contributed by atoms with Crippen LogP contribution >= 0.6 is 11.3 Å². The molecular formula is C28H35N3O2S. The molecule has 1 aliphatic rings. The third-order valence-electron chi connectivity index (χ3n) is 6.85. The summed E-state index contributed by atoms with van der Waals surface area (Å²) in [6, 6.07) is 12.6. The molecule has 0 aliphatic heterocycles. The second kappa shape index (κ2) is 10.7. The van der Waals surface area contributed by atoms with Crippen LogP contribution in [0.5, 0.6) is 11.5 Å². The van der Waals surface area contributed by atoms with Gasteiger partial charge in [0.1, 0.15) is 18.1 Å². The number of fused-ring (bicyclic) bond motifs is 1. The van der Waals surface area contributed by atoms with Gasteiger partial charge in [-0.15, -0.1) is 11.3 Å². The number of nitrogens with zero attached hydrogens (tertiary/aromatic N) is 3. The summed E-state index contributed by atoms with van der Waals surface area (Å²) >= 11 is 1.78. The molecule has 34 heavy (non-hydrogen) atoms. The summed E-state index contributed by atoms with van der Waals surface area (Å²) in [5, 5.41) is 2.14. The molecule has 5 rings (SSSR count). The van der Waals surface area contributed by atoms with E-state index in [4.69, 9.17) is 14.5 Å². The van der Waals surface area contributed by atoms with Crippen LogP contribution in [0.4, 0.5) is 0 Å². The van der Waals surface area contributed by atoms with Gasteiger partial charge in [-0.3, -0.25) is 0 Å². The third-order valence-corrected chi connectivity index (χ3v) is 7.70. The summed E-state index contributed by atoms with van der Waals surface area (Å²) in [6.45, 7) is 3.58. The van der Waals surface area contributed by atoms with Gasteiger partial charge in [0, 0.05) is 18.9 Å². The van der Waals surface area contributed by atoms with Crippen molar-refractivity contribution in [2.24, 2.45) is 7.05 Å². The predicted octanol–water partition coefficient (Wildman–Crippen LogP) is 7.24. The largest absolute Gasteiger partial charge is 0.492 e. The molecular weight excluding hydrogens is 442 g/mol. The van der Waals surface area contributed by atoms with Gasteiger partial charge in [0.05, 0.1) is 28.6 Å². The van der Waals surface area contributed by atoms with Crippen LogP contribution in [0.1, 0.15) is 57.6 Å². The molecule has 0 atom stereocenters. The SMILES string of the molecule is CCCc1cnc(-c2cc3sccc3n2C)n1CCOc1ccc(OC2CCCCCC2)cc1. The molecule has 1 aliphatic carbocycles. The van der Waals surface area contributed by atoms with Crippen molar-refractivity contribution >= 4 is 21.6 Å². The summed E-state index contributed by atoms with van der Waals surface area (Å²) in [4.78, 5) is 4.81. The third kappa shape index (κ3) is 5.02. The molecule has 5 nitrogen and oxygen atoms in total. The van der Waals surface area contributed by atoms with Gasteiger partial charge in [-0.05, 0) is 73.9 Å². The zero-order valence-corrected chi connectivity index (χ0v) is 21.2. The number of thiophene rings is 1. The summed E-state index contributed by atoms with van der Waals surface area (Å²) in [5.41, 5.74) is 3.68. The highest BCUT2D eigenvalue weighted by Crippen LogP contribution is 2.31. The second-order valence-electron chi connectivity index (χ2n) is 9.28. The number of hydrogen-bond acceptors (Lipinski definition) is 4. The Kier molecular flexibility index (Phi) is 7.24. The lowest BCUT2D eigenvalue weighted by Gasteiger charge is -2.17. The summed E-state index contributed by atoms with van der Waals surface area (Å²) in [7, 11) is 2.12. The minimum absolute atomic E-state index is 0.360. The fourth-order valence-electron chi connectivity index (χ4n) is 5.01. The zero-order valence-electron chi connectivity index (χ0n) is 20.3. The van der Waals surface area contributed by atoms with Crippen LogP contribution < -0.4 is 9.47 Å². The molecule has 1 saturated carbocycles. The van der Waals surface area contributed by atoms with Crippen molar-refractivity contribution in [1.29, 1.82) is 0 Å². The Bertz CT molecular complexity index is 1200. The first kappa shape index (κ1) is 23.0. The molecule has 6 heteroatoms. The first-order valence-corrected chi connectivity index (χ1v) is 13.6. The molecule has 0 spiro atoms. The Labute approximate surface area is 206 Å². The number of aromatic nitrogens is 3. The van der Waals surface area contributed by atoms with Crippen LogP contribution in [-0.2, 0) is 20.0 Å². The van der Waals surface area contributed by atoms with E-state index in [9.17, 15) is 0 Å². The van der Waals surface area contributed by atoms with Gasteiger partial charge < -0.3 is 18.6 Å². The predicted molar refractivity (Wildman–Crippen MR) is 140 cm³/mol. The Morgan fingerprint density at radius 1 is 1.03 bits per heavy atom. The number of rotatable bonds is 9. The van der Waals surface area contributed by atoms with Gasteiger partial charge in [-0.2, -0.15) is 0 Å². The first-order valence-electron chi connectivity index (χ1n) is 12.7. The summed E-state index contributed by atoms with van der Waals surface area (Å²) in [5.74, 6) is 2.85. The van der Waals surface area contributed by atoms with Gasteiger partial charge >= 0.3 is 0 Å². The minimum Gasteiger partial charge on any atom is -0.492 e. The molecule has 0 N–H and O–H groups in total. The van der Waals surface area contributed by atoms with Crippen LogP contribution in [0.3, 0.4) is 0 Å². The molecule has 0 bridgehead atoms. The van der Waals surface area contributed by atoms with Crippen molar-refractivity contribution in [1.82, 2.24) is 14.1 Å². The average Bonchev–Trinajstić information content (AvgIpc) is 3.48. The van der Waals surface area contributed by atoms with Crippen molar-refractivity contribution < 1.29 is 9.47 Å². The van der Waals surface area contributed by atoms with Crippen molar-refractivity contribution in [2.45, 2.75) is 70.9 Å².